The molecule has 2 heterocycles. The highest BCUT2D eigenvalue weighted by atomic mass is 19.1. The predicted octanol–water partition coefficient (Wildman–Crippen LogP) is 2.57. The maximum atomic E-state index is 12.8. The Balaban J connectivity index is 2.08. The molecule has 0 bridgehead atoms. The number of rotatable bonds is 3. The molecule has 0 unspecified atom stereocenters. The molecule has 0 aliphatic carbocycles. The summed E-state index contributed by atoms with van der Waals surface area (Å²) >= 11 is 0. The highest BCUT2D eigenvalue weighted by Gasteiger charge is 2.09. The van der Waals surface area contributed by atoms with Crippen molar-refractivity contribution in [2.75, 3.05) is 0 Å². The van der Waals surface area contributed by atoms with E-state index in [2.05, 4.69) is 41.0 Å². The number of pyridine rings is 1. The van der Waals surface area contributed by atoms with Crippen molar-refractivity contribution in [3.63, 3.8) is 0 Å². The minimum absolute atomic E-state index is 0.0528. The van der Waals surface area contributed by atoms with E-state index in [4.69, 9.17) is 0 Å². The first-order chi connectivity index (χ1) is 8.94. The van der Waals surface area contributed by atoms with Gasteiger partial charge in [-0.15, -0.1) is 0 Å². The molecule has 0 aliphatic heterocycles. The molecule has 0 aromatic carbocycles. The van der Waals surface area contributed by atoms with E-state index >= 15 is 0 Å². The Labute approximate surface area is 112 Å². The van der Waals surface area contributed by atoms with E-state index in [1.165, 1.54) is 6.07 Å². The van der Waals surface area contributed by atoms with Crippen LogP contribution in [0.1, 0.15) is 26.3 Å². The zero-order valence-electron chi connectivity index (χ0n) is 11.3. The molecule has 0 fully saturated rings. The van der Waals surface area contributed by atoms with E-state index in [9.17, 15) is 4.39 Å². The predicted molar refractivity (Wildman–Crippen MR) is 71.8 cm³/mol. The van der Waals surface area contributed by atoms with Crippen LogP contribution in [0.2, 0.25) is 0 Å². The topological polar surface area (TPSA) is 50.7 Å². The average molecular weight is 260 g/mol. The maximum absolute atomic E-state index is 12.8. The van der Waals surface area contributed by atoms with Gasteiger partial charge in [0.1, 0.15) is 11.5 Å². The van der Waals surface area contributed by atoms with Crippen molar-refractivity contribution in [1.29, 1.82) is 0 Å². The SMILES string of the molecule is CC(C)(C)NCc1cnc(-c2ccc(F)cn2)nc1. The summed E-state index contributed by atoms with van der Waals surface area (Å²) in [5.41, 5.74) is 1.62. The smallest absolute Gasteiger partial charge is 0.178 e. The maximum Gasteiger partial charge on any atom is 0.178 e. The summed E-state index contributed by atoms with van der Waals surface area (Å²) in [6, 6.07) is 2.92. The fourth-order valence-electron chi connectivity index (χ4n) is 1.45. The van der Waals surface area contributed by atoms with Crippen LogP contribution in [0.3, 0.4) is 0 Å². The normalized spacial score (nSPS) is 11.6. The molecule has 2 aromatic heterocycles. The highest BCUT2D eigenvalue weighted by molar-refractivity contribution is 5.47. The molecule has 1 N–H and O–H groups in total. The van der Waals surface area contributed by atoms with Crippen molar-refractivity contribution in [3.8, 4) is 11.5 Å². The van der Waals surface area contributed by atoms with E-state index in [1.54, 1.807) is 18.5 Å². The number of halogens is 1. The molecule has 0 amide bonds. The zero-order chi connectivity index (χ0) is 13.9. The summed E-state index contributed by atoms with van der Waals surface area (Å²) in [5, 5.41) is 3.36. The monoisotopic (exact) mass is 260 g/mol. The molecule has 0 aliphatic rings. The molecule has 19 heavy (non-hydrogen) atoms. The molecule has 0 spiro atoms. The Morgan fingerprint density at radius 3 is 2.26 bits per heavy atom. The summed E-state index contributed by atoms with van der Waals surface area (Å²) < 4.78 is 12.8. The summed E-state index contributed by atoms with van der Waals surface area (Å²) in [6.45, 7) is 7.01. The molecule has 5 heteroatoms. The first-order valence-corrected chi connectivity index (χ1v) is 6.12. The Kier molecular flexibility index (Phi) is 3.85. The molecule has 0 atom stereocenters. The van der Waals surface area contributed by atoms with Gasteiger partial charge in [0.25, 0.3) is 0 Å². The van der Waals surface area contributed by atoms with Crippen LogP contribution in [-0.4, -0.2) is 20.5 Å². The van der Waals surface area contributed by atoms with E-state index in [1.807, 2.05) is 0 Å². The quantitative estimate of drug-likeness (QED) is 0.921. The standard InChI is InChI=1S/C14H17FN4/c1-14(2,3)19-8-10-6-17-13(18-7-10)12-5-4-11(15)9-16-12/h4-7,9,19H,8H2,1-3H3. The van der Waals surface area contributed by atoms with E-state index in [-0.39, 0.29) is 11.4 Å². The highest BCUT2D eigenvalue weighted by Crippen LogP contribution is 2.11. The van der Waals surface area contributed by atoms with Crippen LogP contribution >= 0.6 is 0 Å². The minimum atomic E-state index is -0.366. The molecular formula is C14H17FN4. The summed E-state index contributed by atoms with van der Waals surface area (Å²) in [7, 11) is 0. The lowest BCUT2D eigenvalue weighted by Crippen LogP contribution is -2.35. The Bertz CT molecular complexity index is 529. The number of nitrogens with zero attached hydrogens (tertiary/aromatic N) is 3. The van der Waals surface area contributed by atoms with E-state index in [0.29, 0.717) is 18.1 Å². The largest absolute Gasteiger partial charge is 0.308 e. The molecule has 2 rings (SSSR count). The average Bonchev–Trinajstić information content (AvgIpc) is 2.37. The Morgan fingerprint density at radius 2 is 1.74 bits per heavy atom. The fraction of sp³-hybridized carbons (Fsp3) is 0.357. The number of hydrogen-bond acceptors (Lipinski definition) is 4. The van der Waals surface area contributed by atoms with Gasteiger partial charge in [-0.2, -0.15) is 0 Å². The summed E-state index contributed by atoms with van der Waals surface area (Å²) in [4.78, 5) is 12.4. The second kappa shape index (κ2) is 5.40. The minimum Gasteiger partial charge on any atom is -0.308 e. The van der Waals surface area contributed by atoms with Gasteiger partial charge in [-0.1, -0.05) is 0 Å². The molecule has 2 aromatic rings. The van der Waals surface area contributed by atoms with Gasteiger partial charge in [0.2, 0.25) is 0 Å². The van der Waals surface area contributed by atoms with Gasteiger partial charge < -0.3 is 5.32 Å². The lowest BCUT2D eigenvalue weighted by atomic mass is 10.1. The zero-order valence-corrected chi connectivity index (χ0v) is 11.3. The summed E-state index contributed by atoms with van der Waals surface area (Å²) in [6.07, 6.45) is 4.67. The molecule has 100 valence electrons. The van der Waals surface area contributed by atoms with Gasteiger partial charge >= 0.3 is 0 Å². The van der Waals surface area contributed by atoms with Crippen LogP contribution in [0.25, 0.3) is 11.5 Å². The summed E-state index contributed by atoms with van der Waals surface area (Å²) in [5.74, 6) is 0.134. The molecule has 4 nitrogen and oxygen atoms in total. The Hall–Kier alpha value is -1.88. The van der Waals surface area contributed by atoms with Gasteiger partial charge in [-0.05, 0) is 32.9 Å². The van der Waals surface area contributed by atoms with Crippen molar-refractivity contribution in [2.45, 2.75) is 32.9 Å². The van der Waals surface area contributed by atoms with Crippen LogP contribution < -0.4 is 5.32 Å². The number of hydrogen-bond donors (Lipinski definition) is 1. The van der Waals surface area contributed by atoms with Crippen molar-refractivity contribution in [3.05, 3.63) is 42.1 Å². The fourth-order valence-corrected chi connectivity index (χ4v) is 1.45. The Morgan fingerprint density at radius 1 is 1.05 bits per heavy atom. The van der Waals surface area contributed by atoms with Gasteiger partial charge in [-0.3, -0.25) is 0 Å². The van der Waals surface area contributed by atoms with Gasteiger partial charge in [-0.25, -0.2) is 19.3 Å². The number of nitrogens with one attached hydrogen (secondary N) is 1. The molecule has 0 radical (unpaired) electrons. The molecule has 0 saturated heterocycles. The van der Waals surface area contributed by atoms with Crippen molar-refractivity contribution < 1.29 is 4.39 Å². The van der Waals surface area contributed by atoms with Crippen LogP contribution in [0, 0.1) is 5.82 Å². The third-order valence-electron chi connectivity index (χ3n) is 2.48. The van der Waals surface area contributed by atoms with Crippen LogP contribution in [0.4, 0.5) is 4.39 Å². The third-order valence-corrected chi connectivity index (χ3v) is 2.48. The van der Waals surface area contributed by atoms with Crippen molar-refractivity contribution >= 4 is 0 Å². The van der Waals surface area contributed by atoms with Crippen LogP contribution in [0.5, 0.6) is 0 Å². The van der Waals surface area contributed by atoms with Crippen molar-refractivity contribution in [1.82, 2.24) is 20.3 Å². The molecular weight excluding hydrogens is 243 g/mol. The molecule has 0 saturated carbocycles. The van der Waals surface area contributed by atoms with E-state index in [0.717, 1.165) is 11.8 Å². The lowest BCUT2D eigenvalue weighted by Gasteiger charge is -2.20. The second-order valence-electron chi connectivity index (χ2n) is 5.38. The van der Waals surface area contributed by atoms with Crippen LogP contribution in [-0.2, 0) is 6.54 Å². The first kappa shape index (κ1) is 13.5. The van der Waals surface area contributed by atoms with Gasteiger partial charge in [0.15, 0.2) is 5.82 Å². The van der Waals surface area contributed by atoms with Gasteiger partial charge in [0.05, 0.1) is 6.20 Å². The van der Waals surface area contributed by atoms with Gasteiger partial charge in [0, 0.05) is 30.0 Å². The number of aromatic nitrogens is 3. The van der Waals surface area contributed by atoms with Crippen molar-refractivity contribution in [2.24, 2.45) is 0 Å². The van der Waals surface area contributed by atoms with E-state index < -0.39 is 0 Å². The first-order valence-electron chi connectivity index (χ1n) is 6.12. The second-order valence-corrected chi connectivity index (χ2v) is 5.38. The third kappa shape index (κ3) is 4.06. The lowest BCUT2D eigenvalue weighted by molar-refractivity contribution is 0.423. The van der Waals surface area contributed by atoms with Crippen LogP contribution in [0.15, 0.2) is 30.7 Å².